The van der Waals surface area contributed by atoms with Gasteiger partial charge in [0.15, 0.2) is 0 Å². The van der Waals surface area contributed by atoms with Gasteiger partial charge in [-0.3, -0.25) is 0 Å². The second-order valence-corrected chi connectivity index (χ2v) is 7.75. The predicted octanol–water partition coefficient (Wildman–Crippen LogP) is 2.21. The molecule has 0 amide bonds. The molecule has 2 aromatic rings. The second-order valence-electron chi connectivity index (χ2n) is 5.71. The number of nitrogens with two attached hydrogens (primary N) is 1. The van der Waals surface area contributed by atoms with Gasteiger partial charge in [-0.05, 0) is 24.1 Å². The molecular formula is C18H25N3O2S. The Balaban J connectivity index is 2.15. The third-order valence-electron chi connectivity index (χ3n) is 3.78. The first-order valence-electron chi connectivity index (χ1n) is 8.03. The van der Waals surface area contributed by atoms with E-state index < -0.39 is 10.2 Å². The molecule has 0 fully saturated rings. The highest BCUT2D eigenvalue weighted by Crippen LogP contribution is 2.15. The minimum absolute atomic E-state index is 0.344. The van der Waals surface area contributed by atoms with E-state index in [2.05, 4.69) is 0 Å². The molecule has 2 aromatic carbocycles. The highest BCUT2D eigenvalue weighted by molar-refractivity contribution is 7.86. The molecule has 0 heterocycles. The smallest absolute Gasteiger partial charge is 0.282 e. The number of nitrogens with zero attached hydrogens (tertiary/aromatic N) is 2. The van der Waals surface area contributed by atoms with Gasteiger partial charge in [0.2, 0.25) is 0 Å². The van der Waals surface area contributed by atoms with E-state index >= 15 is 0 Å². The summed E-state index contributed by atoms with van der Waals surface area (Å²) in [5.74, 6) is 0. The van der Waals surface area contributed by atoms with Crippen LogP contribution in [0.5, 0.6) is 0 Å². The minimum atomic E-state index is -3.56. The van der Waals surface area contributed by atoms with Gasteiger partial charge in [-0.25, -0.2) is 0 Å². The van der Waals surface area contributed by atoms with Crippen LogP contribution in [-0.2, 0) is 23.3 Å². The van der Waals surface area contributed by atoms with Crippen LogP contribution in [0.3, 0.4) is 0 Å². The molecule has 2 rings (SSSR count). The summed E-state index contributed by atoms with van der Waals surface area (Å²) in [5, 5.41) is 0. The van der Waals surface area contributed by atoms with E-state index in [0.29, 0.717) is 32.6 Å². The number of hydrogen-bond donors (Lipinski definition) is 1. The van der Waals surface area contributed by atoms with Crippen molar-refractivity contribution in [2.24, 2.45) is 5.73 Å². The van der Waals surface area contributed by atoms with Crippen molar-refractivity contribution < 1.29 is 8.42 Å². The van der Waals surface area contributed by atoms with Gasteiger partial charge < -0.3 is 5.73 Å². The number of rotatable bonds is 9. The van der Waals surface area contributed by atoms with Crippen LogP contribution in [0.4, 0.5) is 0 Å². The van der Waals surface area contributed by atoms with Gasteiger partial charge in [-0.15, -0.1) is 0 Å². The average molecular weight is 347 g/mol. The zero-order valence-corrected chi connectivity index (χ0v) is 14.8. The number of hydrogen-bond acceptors (Lipinski definition) is 3. The van der Waals surface area contributed by atoms with Gasteiger partial charge in [0.25, 0.3) is 10.2 Å². The molecule has 0 aromatic heterocycles. The minimum Gasteiger partial charge on any atom is -0.330 e. The Morgan fingerprint density at radius 3 is 1.88 bits per heavy atom. The molecule has 0 atom stereocenters. The molecule has 0 aliphatic rings. The lowest BCUT2D eigenvalue weighted by Crippen LogP contribution is -2.42. The molecule has 0 aliphatic heterocycles. The van der Waals surface area contributed by atoms with E-state index in [1.807, 2.05) is 60.7 Å². The SMILES string of the molecule is CN(Cc1ccccc1)S(=O)(=O)N(CCCN)Cc1ccccc1. The van der Waals surface area contributed by atoms with Gasteiger partial charge in [-0.1, -0.05) is 60.7 Å². The maximum absolute atomic E-state index is 13.0. The lowest BCUT2D eigenvalue weighted by atomic mass is 10.2. The second kappa shape index (κ2) is 8.94. The Kier molecular flexibility index (Phi) is 6.93. The van der Waals surface area contributed by atoms with Gasteiger partial charge in [0, 0.05) is 26.7 Å². The van der Waals surface area contributed by atoms with E-state index in [9.17, 15) is 8.42 Å². The van der Waals surface area contributed by atoms with Gasteiger partial charge in [0.1, 0.15) is 0 Å². The summed E-state index contributed by atoms with van der Waals surface area (Å²) in [7, 11) is -1.94. The molecule has 130 valence electrons. The van der Waals surface area contributed by atoms with E-state index in [4.69, 9.17) is 5.73 Å². The largest absolute Gasteiger partial charge is 0.330 e. The molecular weight excluding hydrogens is 322 g/mol. The van der Waals surface area contributed by atoms with E-state index in [-0.39, 0.29) is 0 Å². The van der Waals surface area contributed by atoms with Gasteiger partial charge in [0.05, 0.1) is 0 Å². The summed E-state index contributed by atoms with van der Waals surface area (Å²) in [6.45, 7) is 1.56. The highest BCUT2D eigenvalue weighted by Gasteiger charge is 2.26. The Morgan fingerprint density at radius 1 is 0.875 bits per heavy atom. The zero-order chi connectivity index (χ0) is 17.4. The Bertz CT molecular complexity index is 706. The van der Waals surface area contributed by atoms with Crippen molar-refractivity contribution in [2.45, 2.75) is 19.5 Å². The summed E-state index contributed by atoms with van der Waals surface area (Å²) < 4.78 is 28.8. The van der Waals surface area contributed by atoms with Crippen molar-refractivity contribution in [1.82, 2.24) is 8.61 Å². The van der Waals surface area contributed by atoms with E-state index in [1.54, 1.807) is 7.05 Å². The van der Waals surface area contributed by atoms with Crippen LogP contribution < -0.4 is 5.73 Å². The number of benzene rings is 2. The lowest BCUT2D eigenvalue weighted by Gasteiger charge is -2.27. The summed E-state index contributed by atoms with van der Waals surface area (Å²) in [6, 6.07) is 19.2. The summed E-state index contributed by atoms with van der Waals surface area (Å²) in [5.41, 5.74) is 7.50. The first-order valence-corrected chi connectivity index (χ1v) is 9.43. The van der Waals surface area contributed by atoms with Crippen molar-refractivity contribution in [3.63, 3.8) is 0 Å². The average Bonchev–Trinajstić information content (AvgIpc) is 2.60. The van der Waals surface area contributed by atoms with Gasteiger partial charge >= 0.3 is 0 Å². The molecule has 0 saturated heterocycles. The predicted molar refractivity (Wildman–Crippen MR) is 97.4 cm³/mol. The first kappa shape index (κ1) is 18.6. The van der Waals surface area contributed by atoms with E-state index in [0.717, 1.165) is 11.1 Å². The molecule has 6 heteroatoms. The van der Waals surface area contributed by atoms with Crippen LogP contribution >= 0.6 is 0 Å². The quantitative estimate of drug-likeness (QED) is 0.756. The monoisotopic (exact) mass is 347 g/mol. The fourth-order valence-corrected chi connectivity index (χ4v) is 3.83. The van der Waals surface area contributed by atoms with Crippen LogP contribution in [0, 0.1) is 0 Å². The lowest BCUT2D eigenvalue weighted by molar-refractivity contribution is 0.349. The summed E-state index contributed by atoms with van der Waals surface area (Å²) in [6.07, 6.45) is 0.630. The fraction of sp³-hybridized carbons (Fsp3) is 0.333. The van der Waals surface area contributed by atoms with Crippen LogP contribution in [-0.4, -0.2) is 37.2 Å². The van der Waals surface area contributed by atoms with Crippen molar-refractivity contribution in [2.75, 3.05) is 20.1 Å². The standard InChI is InChI=1S/C18H25N3O2S/c1-20(15-17-9-4-2-5-10-17)24(22,23)21(14-8-13-19)16-18-11-6-3-7-12-18/h2-7,9-12H,8,13-16,19H2,1H3. The Morgan fingerprint density at radius 2 is 1.38 bits per heavy atom. The van der Waals surface area contributed by atoms with Crippen molar-refractivity contribution in [3.8, 4) is 0 Å². The highest BCUT2D eigenvalue weighted by atomic mass is 32.2. The Labute approximate surface area is 144 Å². The topological polar surface area (TPSA) is 66.6 Å². The van der Waals surface area contributed by atoms with Crippen LogP contribution in [0.1, 0.15) is 17.5 Å². The molecule has 24 heavy (non-hydrogen) atoms. The zero-order valence-electron chi connectivity index (χ0n) is 14.0. The fourth-order valence-electron chi connectivity index (χ4n) is 2.45. The Hall–Kier alpha value is -1.73. The maximum Gasteiger partial charge on any atom is 0.282 e. The van der Waals surface area contributed by atoms with Gasteiger partial charge in [-0.2, -0.15) is 17.0 Å². The van der Waals surface area contributed by atoms with E-state index in [1.165, 1.54) is 8.61 Å². The van der Waals surface area contributed by atoms with Crippen LogP contribution in [0.2, 0.25) is 0 Å². The third kappa shape index (κ3) is 5.14. The van der Waals surface area contributed by atoms with Crippen molar-refractivity contribution in [1.29, 1.82) is 0 Å². The first-order chi connectivity index (χ1) is 11.5. The maximum atomic E-state index is 13.0. The molecule has 0 saturated carbocycles. The third-order valence-corrected chi connectivity index (χ3v) is 5.66. The normalized spacial score (nSPS) is 12.0. The molecule has 0 spiro atoms. The molecule has 0 radical (unpaired) electrons. The van der Waals surface area contributed by atoms with Crippen molar-refractivity contribution >= 4 is 10.2 Å². The molecule has 2 N–H and O–H groups in total. The molecule has 5 nitrogen and oxygen atoms in total. The van der Waals surface area contributed by atoms with Crippen LogP contribution in [0.15, 0.2) is 60.7 Å². The van der Waals surface area contributed by atoms with Crippen molar-refractivity contribution in [3.05, 3.63) is 71.8 Å². The molecule has 0 aliphatic carbocycles. The summed E-state index contributed by atoms with van der Waals surface area (Å²) in [4.78, 5) is 0. The molecule has 0 bridgehead atoms. The molecule has 0 unspecified atom stereocenters. The summed E-state index contributed by atoms with van der Waals surface area (Å²) >= 11 is 0. The van der Waals surface area contributed by atoms with Crippen LogP contribution in [0.25, 0.3) is 0 Å².